The third kappa shape index (κ3) is 1.49. The maximum Gasteiger partial charge on any atom is 0.141 e. The Kier molecular flexibility index (Phi) is 2.30. The van der Waals surface area contributed by atoms with Gasteiger partial charge < -0.3 is 11.5 Å². The van der Waals surface area contributed by atoms with Crippen molar-refractivity contribution in [2.45, 2.75) is 13.1 Å². The van der Waals surface area contributed by atoms with Crippen molar-refractivity contribution in [3.8, 4) is 0 Å². The van der Waals surface area contributed by atoms with Crippen molar-refractivity contribution in [2.24, 2.45) is 11.5 Å². The van der Waals surface area contributed by atoms with Gasteiger partial charge in [0.15, 0.2) is 0 Å². The van der Waals surface area contributed by atoms with Gasteiger partial charge in [0.1, 0.15) is 5.82 Å². The maximum absolute atomic E-state index is 5.33. The molecule has 0 amide bonds. The van der Waals surface area contributed by atoms with Crippen LogP contribution in [0.1, 0.15) is 11.4 Å². The minimum Gasteiger partial charge on any atom is -0.326 e. The molecule has 10 heavy (non-hydrogen) atoms. The summed E-state index contributed by atoms with van der Waals surface area (Å²) in [5.41, 5.74) is 11.5. The Balaban J connectivity index is 2.80. The van der Waals surface area contributed by atoms with Crippen molar-refractivity contribution in [3.05, 3.63) is 23.8 Å². The van der Waals surface area contributed by atoms with Gasteiger partial charge in [0.2, 0.25) is 0 Å². The van der Waals surface area contributed by atoms with Gasteiger partial charge in [-0.1, -0.05) is 0 Å². The van der Waals surface area contributed by atoms with Gasteiger partial charge in [-0.25, -0.2) is 9.97 Å². The van der Waals surface area contributed by atoms with Crippen LogP contribution in [0.5, 0.6) is 0 Å². The van der Waals surface area contributed by atoms with E-state index in [1.165, 1.54) is 0 Å². The SMILES string of the molecule is NCc1cnc(CN)nc1. The predicted octanol–water partition coefficient (Wildman–Crippen LogP) is -0.606. The summed E-state index contributed by atoms with van der Waals surface area (Å²) in [5.74, 6) is 0.650. The van der Waals surface area contributed by atoms with Crippen molar-refractivity contribution in [1.82, 2.24) is 9.97 Å². The molecule has 0 fully saturated rings. The first-order valence-corrected chi connectivity index (χ1v) is 3.06. The first kappa shape index (κ1) is 7.11. The Labute approximate surface area is 59.3 Å². The van der Waals surface area contributed by atoms with Crippen LogP contribution in [0, 0.1) is 0 Å². The topological polar surface area (TPSA) is 77.8 Å². The van der Waals surface area contributed by atoms with Gasteiger partial charge in [0, 0.05) is 24.5 Å². The molecule has 1 heterocycles. The van der Waals surface area contributed by atoms with Crippen LogP contribution in [0.15, 0.2) is 12.4 Å². The van der Waals surface area contributed by atoms with Gasteiger partial charge in [-0.2, -0.15) is 0 Å². The van der Waals surface area contributed by atoms with E-state index < -0.39 is 0 Å². The van der Waals surface area contributed by atoms with Crippen LogP contribution in [-0.2, 0) is 13.1 Å². The number of rotatable bonds is 2. The number of aromatic nitrogens is 2. The summed E-state index contributed by atoms with van der Waals surface area (Å²) < 4.78 is 0. The summed E-state index contributed by atoms with van der Waals surface area (Å²) in [6.45, 7) is 0.857. The minimum absolute atomic E-state index is 0.380. The molecule has 0 aliphatic carbocycles. The molecule has 4 N–H and O–H groups in total. The molecule has 1 aromatic heterocycles. The first-order valence-electron chi connectivity index (χ1n) is 3.06. The Morgan fingerprint density at radius 2 is 1.70 bits per heavy atom. The fraction of sp³-hybridized carbons (Fsp3) is 0.333. The normalized spacial score (nSPS) is 9.80. The van der Waals surface area contributed by atoms with E-state index in [-0.39, 0.29) is 0 Å². The molecule has 0 unspecified atom stereocenters. The molecular formula is C6H10N4. The molecule has 1 rings (SSSR count). The standard InChI is InChI=1S/C6H10N4/c7-1-5-3-9-6(2-8)10-4-5/h3-4H,1-2,7-8H2. The Hall–Kier alpha value is -1.00. The molecule has 0 spiro atoms. The minimum atomic E-state index is 0.380. The fourth-order valence-corrected chi connectivity index (χ4v) is 0.592. The fourth-order valence-electron chi connectivity index (χ4n) is 0.592. The molecule has 1 aromatic rings. The molecule has 0 saturated carbocycles. The third-order valence-electron chi connectivity index (χ3n) is 1.18. The number of nitrogens with zero attached hydrogens (tertiary/aromatic N) is 2. The Morgan fingerprint density at radius 1 is 1.10 bits per heavy atom. The quantitative estimate of drug-likeness (QED) is 0.571. The van der Waals surface area contributed by atoms with Gasteiger partial charge in [0.05, 0.1) is 6.54 Å². The van der Waals surface area contributed by atoms with Crippen LogP contribution in [0.4, 0.5) is 0 Å². The first-order chi connectivity index (χ1) is 4.86. The second-order valence-electron chi connectivity index (χ2n) is 1.92. The van der Waals surface area contributed by atoms with Crippen LogP contribution in [-0.4, -0.2) is 9.97 Å². The number of nitrogens with two attached hydrogens (primary N) is 2. The highest BCUT2D eigenvalue weighted by Gasteiger charge is 1.91. The van der Waals surface area contributed by atoms with E-state index in [1.54, 1.807) is 12.4 Å². The molecule has 4 nitrogen and oxygen atoms in total. The summed E-state index contributed by atoms with van der Waals surface area (Å²) >= 11 is 0. The van der Waals surface area contributed by atoms with E-state index in [2.05, 4.69) is 9.97 Å². The highest BCUT2D eigenvalue weighted by Crippen LogP contribution is 1.92. The maximum atomic E-state index is 5.33. The summed E-state index contributed by atoms with van der Waals surface area (Å²) in [6, 6.07) is 0. The smallest absolute Gasteiger partial charge is 0.141 e. The van der Waals surface area contributed by atoms with Crippen LogP contribution in [0.3, 0.4) is 0 Å². The monoisotopic (exact) mass is 138 g/mol. The molecule has 0 aliphatic rings. The zero-order valence-corrected chi connectivity index (χ0v) is 5.62. The largest absolute Gasteiger partial charge is 0.326 e. The molecule has 0 aromatic carbocycles. The second-order valence-corrected chi connectivity index (χ2v) is 1.92. The lowest BCUT2D eigenvalue weighted by atomic mass is 10.3. The Morgan fingerprint density at radius 3 is 2.10 bits per heavy atom. The van der Waals surface area contributed by atoms with Crippen molar-refractivity contribution < 1.29 is 0 Å². The average molecular weight is 138 g/mol. The van der Waals surface area contributed by atoms with Crippen LogP contribution in [0.2, 0.25) is 0 Å². The number of hydrogen-bond acceptors (Lipinski definition) is 4. The summed E-state index contributed by atoms with van der Waals surface area (Å²) in [5, 5.41) is 0. The number of hydrogen-bond donors (Lipinski definition) is 2. The summed E-state index contributed by atoms with van der Waals surface area (Å²) in [4.78, 5) is 7.90. The molecular weight excluding hydrogens is 128 g/mol. The van der Waals surface area contributed by atoms with E-state index in [0.29, 0.717) is 18.9 Å². The van der Waals surface area contributed by atoms with Crippen LogP contribution < -0.4 is 11.5 Å². The van der Waals surface area contributed by atoms with Crippen molar-refractivity contribution in [1.29, 1.82) is 0 Å². The molecule has 0 radical (unpaired) electrons. The Bertz CT molecular complexity index is 170. The molecule has 54 valence electrons. The van der Waals surface area contributed by atoms with E-state index in [1.807, 2.05) is 0 Å². The molecule has 0 aliphatic heterocycles. The lowest BCUT2D eigenvalue weighted by molar-refractivity contribution is 0.884. The van der Waals surface area contributed by atoms with E-state index >= 15 is 0 Å². The van der Waals surface area contributed by atoms with Gasteiger partial charge in [0.25, 0.3) is 0 Å². The van der Waals surface area contributed by atoms with Crippen LogP contribution in [0.25, 0.3) is 0 Å². The van der Waals surface area contributed by atoms with Gasteiger partial charge >= 0.3 is 0 Å². The second kappa shape index (κ2) is 3.24. The highest BCUT2D eigenvalue weighted by atomic mass is 14.9. The van der Waals surface area contributed by atoms with E-state index in [9.17, 15) is 0 Å². The van der Waals surface area contributed by atoms with Crippen molar-refractivity contribution in [2.75, 3.05) is 0 Å². The summed E-state index contributed by atoms with van der Waals surface area (Å²) in [6.07, 6.45) is 3.38. The predicted molar refractivity (Wildman–Crippen MR) is 37.8 cm³/mol. The lowest BCUT2D eigenvalue weighted by Gasteiger charge is -1.95. The van der Waals surface area contributed by atoms with E-state index in [0.717, 1.165) is 5.56 Å². The molecule has 0 bridgehead atoms. The average Bonchev–Trinajstić information content (AvgIpc) is 2.05. The zero-order chi connectivity index (χ0) is 7.40. The summed E-state index contributed by atoms with van der Waals surface area (Å²) in [7, 11) is 0. The van der Waals surface area contributed by atoms with Gasteiger partial charge in [-0.05, 0) is 0 Å². The van der Waals surface area contributed by atoms with Gasteiger partial charge in [-0.15, -0.1) is 0 Å². The van der Waals surface area contributed by atoms with Crippen molar-refractivity contribution >= 4 is 0 Å². The van der Waals surface area contributed by atoms with Gasteiger partial charge in [-0.3, -0.25) is 0 Å². The van der Waals surface area contributed by atoms with Crippen LogP contribution >= 0.6 is 0 Å². The highest BCUT2D eigenvalue weighted by molar-refractivity contribution is 5.03. The zero-order valence-electron chi connectivity index (χ0n) is 5.62. The third-order valence-corrected chi connectivity index (χ3v) is 1.18. The molecule has 4 heteroatoms. The molecule has 0 atom stereocenters. The van der Waals surface area contributed by atoms with E-state index in [4.69, 9.17) is 11.5 Å². The lowest BCUT2D eigenvalue weighted by Crippen LogP contribution is -2.04. The molecule has 0 saturated heterocycles. The van der Waals surface area contributed by atoms with Crippen molar-refractivity contribution in [3.63, 3.8) is 0 Å².